The first-order valence-corrected chi connectivity index (χ1v) is 9.22. The zero-order valence-corrected chi connectivity index (χ0v) is 15.6. The van der Waals surface area contributed by atoms with Crippen molar-refractivity contribution in [2.75, 3.05) is 13.1 Å². The van der Waals surface area contributed by atoms with Crippen LogP contribution in [0.25, 0.3) is 0 Å². The average molecular weight is 357 g/mol. The smallest absolute Gasteiger partial charge is 0.227 e. The second kappa shape index (κ2) is 8.03. The summed E-state index contributed by atoms with van der Waals surface area (Å²) in [7, 11) is 0. The Morgan fingerprint density at radius 3 is 2.16 bits per heavy atom. The van der Waals surface area contributed by atoms with E-state index in [2.05, 4.69) is 43.0 Å². The lowest BCUT2D eigenvalue weighted by Crippen LogP contribution is -2.57. The predicted molar refractivity (Wildman–Crippen MR) is 103 cm³/mol. The number of carbonyl (C=O) groups is 1. The topological polar surface area (TPSA) is 23.6 Å². The van der Waals surface area contributed by atoms with Gasteiger partial charge in [-0.3, -0.25) is 9.69 Å². The van der Waals surface area contributed by atoms with Gasteiger partial charge in [-0.2, -0.15) is 0 Å². The minimum Gasteiger partial charge on any atom is -0.339 e. The van der Waals surface area contributed by atoms with Crippen LogP contribution in [0, 0.1) is 0 Å². The molecule has 132 valence electrons. The first-order chi connectivity index (χ1) is 12.0. The fourth-order valence-electron chi connectivity index (χ4n) is 3.55. The fourth-order valence-corrected chi connectivity index (χ4v) is 3.68. The van der Waals surface area contributed by atoms with E-state index in [-0.39, 0.29) is 5.91 Å². The normalized spacial score (nSPS) is 21.3. The molecule has 25 heavy (non-hydrogen) atoms. The summed E-state index contributed by atoms with van der Waals surface area (Å²) < 4.78 is 0. The lowest BCUT2D eigenvalue weighted by atomic mass is 10.0. The Morgan fingerprint density at radius 2 is 1.56 bits per heavy atom. The molecule has 2 unspecified atom stereocenters. The summed E-state index contributed by atoms with van der Waals surface area (Å²) in [5.41, 5.74) is 2.34. The molecule has 2 aromatic rings. The third-order valence-corrected chi connectivity index (χ3v) is 5.18. The molecule has 3 nitrogen and oxygen atoms in total. The van der Waals surface area contributed by atoms with Crippen molar-refractivity contribution >= 4 is 17.5 Å². The van der Waals surface area contributed by atoms with Crippen LogP contribution >= 0.6 is 11.6 Å². The Bertz CT molecular complexity index is 690. The third-order valence-electron chi connectivity index (χ3n) is 4.93. The van der Waals surface area contributed by atoms with Gasteiger partial charge in [-0.15, -0.1) is 0 Å². The van der Waals surface area contributed by atoms with E-state index in [1.54, 1.807) is 0 Å². The molecule has 1 heterocycles. The number of halogens is 1. The van der Waals surface area contributed by atoms with Crippen LogP contribution < -0.4 is 0 Å². The molecule has 0 radical (unpaired) electrons. The minimum absolute atomic E-state index is 0.195. The van der Waals surface area contributed by atoms with Crippen molar-refractivity contribution in [2.24, 2.45) is 0 Å². The molecule has 1 aliphatic rings. The number of benzene rings is 2. The van der Waals surface area contributed by atoms with Crippen LogP contribution in [0.4, 0.5) is 0 Å². The maximum atomic E-state index is 12.7. The summed E-state index contributed by atoms with van der Waals surface area (Å²) in [5, 5.41) is 0.702. The van der Waals surface area contributed by atoms with Crippen LogP contribution in [0.3, 0.4) is 0 Å². The van der Waals surface area contributed by atoms with Gasteiger partial charge < -0.3 is 4.90 Å². The van der Waals surface area contributed by atoms with Gasteiger partial charge in [-0.1, -0.05) is 54.1 Å². The number of rotatable bonds is 4. The molecule has 1 amide bonds. The van der Waals surface area contributed by atoms with Crippen molar-refractivity contribution in [3.8, 4) is 0 Å². The lowest BCUT2D eigenvalue weighted by Gasteiger charge is -2.44. The predicted octanol–water partition coefficient (Wildman–Crippen LogP) is 4.00. The van der Waals surface area contributed by atoms with Crippen LogP contribution in [0.5, 0.6) is 0 Å². The highest BCUT2D eigenvalue weighted by Crippen LogP contribution is 2.20. The molecule has 1 saturated heterocycles. The van der Waals surface area contributed by atoms with E-state index < -0.39 is 0 Å². The Labute approximate surface area is 155 Å². The van der Waals surface area contributed by atoms with Gasteiger partial charge in [0, 0.05) is 36.7 Å². The van der Waals surface area contributed by atoms with Crippen molar-refractivity contribution in [3.05, 3.63) is 70.7 Å². The highest BCUT2D eigenvalue weighted by Gasteiger charge is 2.31. The second-order valence-corrected chi connectivity index (χ2v) is 7.39. The molecule has 0 saturated carbocycles. The third kappa shape index (κ3) is 4.62. The zero-order valence-electron chi connectivity index (χ0n) is 14.9. The maximum absolute atomic E-state index is 12.7. The highest BCUT2D eigenvalue weighted by molar-refractivity contribution is 6.30. The lowest BCUT2D eigenvalue weighted by molar-refractivity contribution is -0.135. The number of hydrogen-bond donors (Lipinski definition) is 0. The molecule has 1 aliphatic heterocycles. The van der Waals surface area contributed by atoms with Crippen LogP contribution in [0.2, 0.25) is 5.02 Å². The summed E-state index contributed by atoms with van der Waals surface area (Å²) in [4.78, 5) is 17.2. The quantitative estimate of drug-likeness (QED) is 0.826. The highest BCUT2D eigenvalue weighted by atomic mass is 35.5. The van der Waals surface area contributed by atoms with Crippen LogP contribution in [-0.4, -0.2) is 40.9 Å². The van der Waals surface area contributed by atoms with Crippen LogP contribution in [0.15, 0.2) is 54.6 Å². The number of hydrogen-bond acceptors (Lipinski definition) is 2. The summed E-state index contributed by atoms with van der Waals surface area (Å²) in [5.74, 6) is 0.195. The van der Waals surface area contributed by atoms with Crippen molar-refractivity contribution in [1.29, 1.82) is 0 Å². The molecule has 1 fully saturated rings. The Morgan fingerprint density at radius 1 is 0.960 bits per heavy atom. The second-order valence-electron chi connectivity index (χ2n) is 6.96. The fraction of sp³-hybridized carbons (Fsp3) is 0.381. The zero-order chi connectivity index (χ0) is 17.8. The number of amides is 1. The Balaban J connectivity index is 1.61. The molecule has 0 spiro atoms. The van der Waals surface area contributed by atoms with E-state index in [1.807, 2.05) is 35.2 Å². The SMILES string of the molecule is CC1CN(C(=O)Cc2ccc(Cl)cc2)CC(C)N1Cc1ccccc1. The van der Waals surface area contributed by atoms with E-state index in [4.69, 9.17) is 11.6 Å². The van der Waals surface area contributed by atoms with Gasteiger partial charge in [0.15, 0.2) is 0 Å². The van der Waals surface area contributed by atoms with Crippen LogP contribution in [-0.2, 0) is 17.8 Å². The molecule has 4 heteroatoms. The molecule has 2 atom stereocenters. The monoisotopic (exact) mass is 356 g/mol. The molecular formula is C21H25ClN2O. The number of carbonyl (C=O) groups excluding carboxylic acids is 1. The van der Waals surface area contributed by atoms with E-state index in [1.165, 1.54) is 5.56 Å². The average Bonchev–Trinajstić information content (AvgIpc) is 2.61. The van der Waals surface area contributed by atoms with Crippen molar-refractivity contribution < 1.29 is 4.79 Å². The van der Waals surface area contributed by atoms with E-state index >= 15 is 0 Å². The van der Waals surface area contributed by atoms with E-state index in [0.29, 0.717) is 23.5 Å². The molecule has 0 aliphatic carbocycles. The Hall–Kier alpha value is -1.84. The standard InChI is InChI=1S/C21H25ClN2O/c1-16-13-23(21(25)12-18-8-10-20(22)11-9-18)14-17(2)24(16)15-19-6-4-3-5-7-19/h3-11,16-17H,12-15H2,1-2H3. The number of piperazine rings is 1. The number of nitrogens with zero attached hydrogens (tertiary/aromatic N) is 2. The summed E-state index contributed by atoms with van der Waals surface area (Å²) in [6.07, 6.45) is 0.440. The van der Waals surface area contributed by atoms with Gasteiger partial charge in [-0.25, -0.2) is 0 Å². The van der Waals surface area contributed by atoms with Crippen molar-refractivity contribution in [1.82, 2.24) is 9.80 Å². The molecule has 2 aromatic carbocycles. The van der Waals surface area contributed by atoms with Gasteiger partial charge in [0.1, 0.15) is 0 Å². The summed E-state index contributed by atoms with van der Waals surface area (Å²) in [6.45, 7) is 6.91. The minimum atomic E-state index is 0.195. The van der Waals surface area contributed by atoms with Crippen LogP contribution in [0.1, 0.15) is 25.0 Å². The summed E-state index contributed by atoms with van der Waals surface area (Å²) >= 11 is 5.92. The van der Waals surface area contributed by atoms with Gasteiger partial charge in [0.05, 0.1) is 6.42 Å². The molecule has 0 aromatic heterocycles. The van der Waals surface area contributed by atoms with E-state index in [9.17, 15) is 4.79 Å². The van der Waals surface area contributed by atoms with E-state index in [0.717, 1.165) is 25.2 Å². The van der Waals surface area contributed by atoms with Gasteiger partial charge >= 0.3 is 0 Å². The first-order valence-electron chi connectivity index (χ1n) is 8.85. The van der Waals surface area contributed by atoms with Gasteiger partial charge in [0.2, 0.25) is 5.91 Å². The van der Waals surface area contributed by atoms with Crippen molar-refractivity contribution in [3.63, 3.8) is 0 Å². The molecular weight excluding hydrogens is 332 g/mol. The molecule has 3 rings (SSSR count). The van der Waals surface area contributed by atoms with Gasteiger partial charge in [0.25, 0.3) is 0 Å². The maximum Gasteiger partial charge on any atom is 0.227 e. The molecule has 0 bridgehead atoms. The summed E-state index contributed by atoms with van der Waals surface area (Å²) in [6, 6.07) is 18.8. The largest absolute Gasteiger partial charge is 0.339 e. The van der Waals surface area contributed by atoms with Gasteiger partial charge in [-0.05, 0) is 37.1 Å². The Kier molecular flexibility index (Phi) is 5.77. The van der Waals surface area contributed by atoms with Crippen molar-refractivity contribution in [2.45, 2.75) is 38.9 Å². The first kappa shape index (κ1) is 18.0. The molecule has 0 N–H and O–H groups in total.